The van der Waals surface area contributed by atoms with Gasteiger partial charge in [-0.25, -0.2) is 9.18 Å². The molecule has 0 aromatic heterocycles. The van der Waals surface area contributed by atoms with E-state index in [1.807, 2.05) is 6.07 Å². The van der Waals surface area contributed by atoms with Crippen LogP contribution < -0.4 is 0 Å². The Bertz CT molecular complexity index is 446. The maximum atomic E-state index is 13.6. The number of hydrogen-bond acceptors (Lipinski definition) is 2. The van der Waals surface area contributed by atoms with E-state index in [0.29, 0.717) is 25.7 Å². The monoisotopic (exact) mass is 334 g/mol. The minimum absolute atomic E-state index is 0.0392. The van der Waals surface area contributed by atoms with Crippen molar-refractivity contribution in [2.45, 2.75) is 63.9 Å². The summed E-state index contributed by atoms with van der Waals surface area (Å²) in [6.07, 6.45) is -4.24. The zero-order chi connectivity index (χ0) is 17.1. The van der Waals surface area contributed by atoms with Crippen molar-refractivity contribution in [3.8, 4) is 0 Å². The summed E-state index contributed by atoms with van der Waals surface area (Å²) in [5.41, 5.74) is 0.790. The summed E-state index contributed by atoms with van der Waals surface area (Å²) in [5.74, 6) is -0.883. The minimum Gasteiger partial charge on any atom is -0.459 e. The van der Waals surface area contributed by atoms with Gasteiger partial charge in [-0.1, -0.05) is 49.6 Å². The van der Waals surface area contributed by atoms with E-state index in [1.54, 1.807) is 24.3 Å². The van der Waals surface area contributed by atoms with Crippen molar-refractivity contribution >= 4 is 5.97 Å². The van der Waals surface area contributed by atoms with E-state index in [2.05, 4.69) is 0 Å². The Balaban J connectivity index is 2.05. The highest BCUT2D eigenvalue weighted by Gasteiger charge is 2.25. The highest BCUT2D eigenvalue weighted by molar-refractivity contribution is 5.74. The van der Waals surface area contributed by atoms with Crippen LogP contribution in [0.2, 0.25) is 0 Å². The number of alkyl halides is 4. The second kappa shape index (κ2) is 10.2. The largest absolute Gasteiger partial charge is 0.459 e. The molecule has 1 unspecified atom stereocenters. The van der Waals surface area contributed by atoms with Crippen molar-refractivity contribution in [2.24, 2.45) is 0 Å². The van der Waals surface area contributed by atoms with Crippen LogP contribution in [0.15, 0.2) is 30.3 Å². The van der Waals surface area contributed by atoms with Gasteiger partial charge in [0.1, 0.15) is 6.61 Å². The van der Waals surface area contributed by atoms with E-state index < -0.39 is 24.7 Å². The van der Waals surface area contributed by atoms with Crippen LogP contribution in [0.3, 0.4) is 0 Å². The molecule has 0 bridgehead atoms. The van der Waals surface area contributed by atoms with Gasteiger partial charge < -0.3 is 4.74 Å². The molecule has 1 aromatic carbocycles. The first-order valence-corrected chi connectivity index (χ1v) is 7.80. The second-order valence-electron chi connectivity index (χ2n) is 5.48. The van der Waals surface area contributed by atoms with Crippen LogP contribution in [0.1, 0.15) is 50.5 Å². The molecular formula is C17H22F4O2. The number of benzene rings is 1. The normalized spacial score (nSPS) is 12.9. The molecule has 0 heterocycles. The van der Waals surface area contributed by atoms with E-state index in [0.717, 1.165) is 5.56 Å². The molecule has 0 spiro atoms. The summed E-state index contributed by atoms with van der Waals surface area (Å²) in [6, 6.07) is 8.99. The van der Waals surface area contributed by atoms with Crippen molar-refractivity contribution < 1.29 is 27.1 Å². The lowest BCUT2D eigenvalue weighted by Gasteiger charge is -2.09. The number of ether oxygens (including phenoxy) is 1. The molecule has 1 aromatic rings. The quantitative estimate of drug-likeness (QED) is 0.327. The molecule has 2 nitrogen and oxygen atoms in total. The van der Waals surface area contributed by atoms with Crippen LogP contribution in [0.5, 0.6) is 0 Å². The fourth-order valence-corrected chi connectivity index (χ4v) is 2.12. The Kier molecular flexibility index (Phi) is 8.66. The predicted octanol–water partition coefficient (Wildman–Crippen LogP) is 5.36. The summed E-state index contributed by atoms with van der Waals surface area (Å²) in [7, 11) is 0. The number of unbranched alkanes of at least 4 members (excludes halogenated alkanes) is 4. The summed E-state index contributed by atoms with van der Waals surface area (Å²) < 4.78 is 54.3. The molecule has 1 atom stereocenters. The molecule has 0 aliphatic rings. The Morgan fingerprint density at radius 3 is 2.26 bits per heavy atom. The standard InChI is InChI=1S/C17H22F4O2/c18-15(11-7-2-1-3-8-12-17(19,20)21)16(22)23-13-14-9-5-4-6-10-14/h4-6,9-10,15H,1-3,7-8,11-13H2. The van der Waals surface area contributed by atoms with Crippen LogP contribution in [-0.2, 0) is 16.1 Å². The van der Waals surface area contributed by atoms with Gasteiger partial charge >= 0.3 is 12.1 Å². The number of halogens is 4. The van der Waals surface area contributed by atoms with Gasteiger partial charge in [0.15, 0.2) is 6.17 Å². The van der Waals surface area contributed by atoms with Gasteiger partial charge in [0.25, 0.3) is 0 Å². The van der Waals surface area contributed by atoms with E-state index >= 15 is 0 Å². The lowest BCUT2D eigenvalue weighted by atomic mass is 10.1. The first kappa shape index (κ1) is 19.5. The third-order valence-electron chi connectivity index (χ3n) is 3.40. The van der Waals surface area contributed by atoms with Gasteiger partial charge in [-0.05, 0) is 24.8 Å². The van der Waals surface area contributed by atoms with Gasteiger partial charge in [-0.2, -0.15) is 13.2 Å². The fourth-order valence-electron chi connectivity index (χ4n) is 2.12. The predicted molar refractivity (Wildman–Crippen MR) is 79.5 cm³/mol. The third-order valence-corrected chi connectivity index (χ3v) is 3.40. The maximum Gasteiger partial charge on any atom is 0.389 e. The molecule has 0 amide bonds. The van der Waals surface area contributed by atoms with E-state index in [1.165, 1.54) is 0 Å². The molecule has 23 heavy (non-hydrogen) atoms. The minimum atomic E-state index is -4.10. The van der Waals surface area contributed by atoms with Crippen LogP contribution in [-0.4, -0.2) is 18.3 Å². The van der Waals surface area contributed by atoms with Crippen molar-refractivity contribution in [1.82, 2.24) is 0 Å². The molecule has 0 saturated carbocycles. The van der Waals surface area contributed by atoms with Crippen LogP contribution in [0.4, 0.5) is 17.6 Å². The molecule has 0 aliphatic heterocycles. The average molecular weight is 334 g/mol. The van der Waals surface area contributed by atoms with Crippen molar-refractivity contribution in [1.29, 1.82) is 0 Å². The Hall–Kier alpha value is -1.59. The lowest BCUT2D eigenvalue weighted by Crippen LogP contribution is -2.18. The van der Waals surface area contributed by atoms with Crippen LogP contribution in [0.25, 0.3) is 0 Å². The summed E-state index contributed by atoms with van der Waals surface area (Å²) in [4.78, 5) is 11.5. The number of carbonyl (C=O) groups is 1. The molecule has 0 N–H and O–H groups in total. The molecule has 1 rings (SSSR count). The van der Waals surface area contributed by atoms with Crippen molar-refractivity contribution in [3.05, 3.63) is 35.9 Å². The third kappa shape index (κ3) is 9.92. The Labute approximate surface area is 133 Å². The number of esters is 1. The smallest absolute Gasteiger partial charge is 0.389 e. The van der Waals surface area contributed by atoms with E-state index in [-0.39, 0.29) is 19.4 Å². The van der Waals surface area contributed by atoms with Gasteiger partial charge in [-0.3, -0.25) is 0 Å². The van der Waals surface area contributed by atoms with Crippen LogP contribution >= 0.6 is 0 Å². The molecule has 0 radical (unpaired) electrons. The molecule has 0 fully saturated rings. The number of hydrogen-bond donors (Lipinski definition) is 0. The Morgan fingerprint density at radius 1 is 1.00 bits per heavy atom. The van der Waals surface area contributed by atoms with Crippen molar-refractivity contribution in [3.63, 3.8) is 0 Å². The number of carbonyl (C=O) groups excluding carboxylic acids is 1. The maximum absolute atomic E-state index is 13.6. The van der Waals surface area contributed by atoms with E-state index in [4.69, 9.17) is 4.74 Å². The summed E-state index contributed by atoms with van der Waals surface area (Å²) in [6.45, 7) is 0.0392. The molecule has 130 valence electrons. The first-order chi connectivity index (χ1) is 10.9. The van der Waals surface area contributed by atoms with E-state index in [9.17, 15) is 22.4 Å². The zero-order valence-corrected chi connectivity index (χ0v) is 12.9. The highest BCUT2D eigenvalue weighted by Crippen LogP contribution is 2.23. The van der Waals surface area contributed by atoms with Gasteiger partial charge in [0.05, 0.1) is 0 Å². The second-order valence-corrected chi connectivity index (χ2v) is 5.48. The summed E-state index contributed by atoms with van der Waals surface area (Å²) >= 11 is 0. The Morgan fingerprint density at radius 2 is 1.61 bits per heavy atom. The zero-order valence-electron chi connectivity index (χ0n) is 12.9. The first-order valence-electron chi connectivity index (χ1n) is 7.80. The SMILES string of the molecule is O=C(OCc1ccccc1)C(F)CCCCCCCC(F)(F)F. The molecule has 0 saturated heterocycles. The topological polar surface area (TPSA) is 26.3 Å². The molecule has 6 heteroatoms. The van der Waals surface area contributed by atoms with Crippen molar-refractivity contribution in [2.75, 3.05) is 0 Å². The highest BCUT2D eigenvalue weighted by atomic mass is 19.4. The lowest BCUT2D eigenvalue weighted by molar-refractivity contribution is -0.151. The molecular weight excluding hydrogens is 312 g/mol. The van der Waals surface area contributed by atoms with Crippen LogP contribution in [0, 0.1) is 0 Å². The number of rotatable bonds is 10. The fraction of sp³-hybridized carbons (Fsp3) is 0.588. The van der Waals surface area contributed by atoms with Gasteiger partial charge in [0, 0.05) is 6.42 Å². The molecule has 0 aliphatic carbocycles. The summed E-state index contributed by atoms with van der Waals surface area (Å²) in [5, 5.41) is 0. The average Bonchev–Trinajstić information content (AvgIpc) is 2.51. The van der Waals surface area contributed by atoms with Gasteiger partial charge in [0.2, 0.25) is 0 Å². The van der Waals surface area contributed by atoms with Gasteiger partial charge in [-0.15, -0.1) is 0 Å².